The third kappa shape index (κ3) is 2.94. The van der Waals surface area contributed by atoms with Crippen LogP contribution in [0, 0.1) is 0 Å². The second-order valence-corrected chi connectivity index (χ2v) is 5.63. The van der Waals surface area contributed by atoms with Crippen molar-refractivity contribution in [3.05, 3.63) is 17.3 Å². The van der Waals surface area contributed by atoms with Gasteiger partial charge in [0.05, 0.1) is 29.6 Å². The topological polar surface area (TPSA) is 63.4 Å². The van der Waals surface area contributed by atoms with Crippen molar-refractivity contribution >= 4 is 23.1 Å². The molecule has 0 radical (unpaired) electrons. The Bertz CT molecular complexity index is 456. The minimum absolute atomic E-state index is 0.199. The van der Waals surface area contributed by atoms with Crippen molar-refractivity contribution in [1.29, 1.82) is 0 Å². The van der Waals surface area contributed by atoms with Gasteiger partial charge in [-0.3, -0.25) is 4.90 Å². The Balaban J connectivity index is 1.54. The van der Waals surface area contributed by atoms with Crippen molar-refractivity contribution < 1.29 is 4.74 Å². The average Bonchev–Trinajstić information content (AvgIpc) is 2.85. The molecule has 2 fully saturated rings. The Morgan fingerprint density at radius 3 is 3.32 bits per heavy atom. The number of nitrogens with one attached hydrogen (secondary N) is 1. The summed E-state index contributed by atoms with van der Waals surface area (Å²) in [4.78, 5) is 6.71. The summed E-state index contributed by atoms with van der Waals surface area (Å²) in [6.07, 6.45) is 4.36. The van der Waals surface area contributed by atoms with Crippen molar-refractivity contribution in [2.24, 2.45) is 0 Å². The second-order valence-electron chi connectivity index (χ2n) is 5.23. The van der Waals surface area contributed by atoms with Crippen LogP contribution in [0.5, 0.6) is 0 Å². The number of nitrogens with zero attached hydrogens (tertiary/aromatic N) is 2. The Morgan fingerprint density at radius 1 is 1.58 bits per heavy atom. The lowest BCUT2D eigenvalue weighted by Gasteiger charge is -2.35. The van der Waals surface area contributed by atoms with E-state index in [1.807, 2.05) is 0 Å². The van der Waals surface area contributed by atoms with E-state index in [1.165, 1.54) is 19.4 Å². The molecule has 0 spiro atoms. The number of ether oxygens (including phenoxy) is 1. The van der Waals surface area contributed by atoms with Crippen LogP contribution in [0.4, 0.5) is 11.5 Å². The Morgan fingerprint density at radius 2 is 2.47 bits per heavy atom. The summed E-state index contributed by atoms with van der Waals surface area (Å²) in [7, 11) is 0. The van der Waals surface area contributed by atoms with Gasteiger partial charge in [-0.15, -0.1) is 0 Å². The first-order valence-corrected chi connectivity index (χ1v) is 7.11. The van der Waals surface area contributed by atoms with E-state index >= 15 is 0 Å². The highest BCUT2D eigenvalue weighted by molar-refractivity contribution is 6.33. The molecule has 0 amide bonds. The van der Waals surface area contributed by atoms with E-state index in [2.05, 4.69) is 15.2 Å². The van der Waals surface area contributed by atoms with Crippen molar-refractivity contribution in [3.8, 4) is 0 Å². The monoisotopic (exact) mass is 282 g/mol. The standard InChI is InChI=1S/C13H19ClN4O/c14-12-4-9(15)5-16-13(12)17-6-11-7-18-3-1-2-10(18)8-19-11/h4-5,10-11H,1-3,6-8,15H2,(H,16,17). The molecule has 2 aliphatic rings. The van der Waals surface area contributed by atoms with Crippen molar-refractivity contribution in [2.75, 3.05) is 37.3 Å². The van der Waals surface area contributed by atoms with Gasteiger partial charge in [-0.2, -0.15) is 0 Å². The zero-order chi connectivity index (χ0) is 13.2. The fourth-order valence-electron chi connectivity index (χ4n) is 2.80. The fraction of sp³-hybridized carbons (Fsp3) is 0.615. The molecule has 1 aromatic rings. The summed E-state index contributed by atoms with van der Waals surface area (Å²) in [5.41, 5.74) is 6.19. The number of halogens is 1. The molecule has 104 valence electrons. The lowest BCUT2D eigenvalue weighted by atomic mass is 10.2. The van der Waals surface area contributed by atoms with Crippen LogP contribution in [0.1, 0.15) is 12.8 Å². The predicted molar refractivity (Wildman–Crippen MR) is 76.5 cm³/mol. The lowest BCUT2D eigenvalue weighted by molar-refractivity contribution is -0.0416. The third-order valence-electron chi connectivity index (χ3n) is 3.82. The number of nitrogen functional groups attached to an aromatic ring is 1. The normalized spacial score (nSPS) is 27.2. The maximum absolute atomic E-state index is 6.08. The first-order chi connectivity index (χ1) is 9.22. The molecule has 2 saturated heterocycles. The molecule has 2 aliphatic heterocycles. The molecule has 3 heterocycles. The van der Waals surface area contributed by atoms with Crippen LogP contribution in [0.25, 0.3) is 0 Å². The van der Waals surface area contributed by atoms with E-state index in [9.17, 15) is 0 Å². The summed E-state index contributed by atoms with van der Waals surface area (Å²) < 4.78 is 5.88. The molecule has 0 bridgehead atoms. The van der Waals surface area contributed by atoms with Gasteiger partial charge in [0.15, 0.2) is 0 Å². The largest absolute Gasteiger partial charge is 0.397 e. The molecule has 0 saturated carbocycles. The molecule has 6 heteroatoms. The van der Waals surface area contributed by atoms with Gasteiger partial charge in [0.1, 0.15) is 5.82 Å². The maximum Gasteiger partial charge on any atom is 0.145 e. The highest BCUT2D eigenvalue weighted by atomic mass is 35.5. The van der Waals surface area contributed by atoms with Gasteiger partial charge in [-0.1, -0.05) is 11.6 Å². The lowest BCUT2D eigenvalue weighted by Crippen LogP contribution is -2.48. The molecule has 1 aromatic heterocycles. The number of aromatic nitrogens is 1. The summed E-state index contributed by atoms with van der Waals surface area (Å²) in [5, 5.41) is 3.79. The number of hydrogen-bond donors (Lipinski definition) is 2. The van der Waals surface area contributed by atoms with Crippen molar-refractivity contribution in [3.63, 3.8) is 0 Å². The fourth-order valence-corrected chi connectivity index (χ4v) is 3.04. The molecule has 0 aliphatic carbocycles. The number of nitrogens with two attached hydrogens (primary N) is 1. The van der Waals surface area contributed by atoms with Crippen LogP contribution in [0.2, 0.25) is 5.02 Å². The van der Waals surface area contributed by atoms with Crippen molar-refractivity contribution in [1.82, 2.24) is 9.88 Å². The van der Waals surface area contributed by atoms with Gasteiger partial charge in [0.2, 0.25) is 0 Å². The van der Waals surface area contributed by atoms with Gasteiger partial charge in [0.25, 0.3) is 0 Å². The Kier molecular flexibility index (Phi) is 3.77. The summed E-state index contributed by atoms with van der Waals surface area (Å²) in [5.74, 6) is 0.669. The highest BCUT2D eigenvalue weighted by Crippen LogP contribution is 2.24. The smallest absolute Gasteiger partial charge is 0.145 e. The predicted octanol–water partition coefficient (Wildman–Crippen LogP) is 1.59. The van der Waals surface area contributed by atoms with E-state index in [0.29, 0.717) is 22.6 Å². The van der Waals surface area contributed by atoms with E-state index in [1.54, 1.807) is 12.3 Å². The maximum atomic E-state index is 6.08. The molecule has 2 atom stereocenters. The van der Waals surface area contributed by atoms with Crippen LogP contribution in [0.3, 0.4) is 0 Å². The van der Waals surface area contributed by atoms with Crippen LogP contribution < -0.4 is 11.1 Å². The van der Waals surface area contributed by atoms with E-state index in [-0.39, 0.29) is 6.10 Å². The first kappa shape index (κ1) is 13.0. The summed E-state index contributed by atoms with van der Waals surface area (Å²) >= 11 is 6.08. The third-order valence-corrected chi connectivity index (χ3v) is 4.11. The zero-order valence-electron chi connectivity index (χ0n) is 10.8. The van der Waals surface area contributed by atoms with Gasteiger partial charge in [0, 0.05) is 19.1 Å². The van der Waals surface area contributed by atoms with Gasteiger partial charge >= 0.3 is 0 Å². The number of pyridine rings is 1. The van der Waals surface area contributed by atoms with E-state index in [4.69, 9.17) is 22.1 Å². The minimum Gasteiger partial charge on any atom is -0.397 e. The number of rotatable bonds is 3. The minimum atomic E-state index is 0.199. The second kappa shape index (κ2) is 5.53. The molecular formula is C13H19ClN4O. The number of morpholine rings is 1. The van der Waals surface area contributed by atoms with E-state index in [0.717, 1.165) is 19.7 Å². The van der Waals surface area contributed by atoms with Crippen LogP contribution in [0.15, 0.2) is 12.3 Å². The number of hydrogen-bond acceptors (Lipinski definition) is 5. The SMILES string of the molecule is Nc1cnc(NCC2CN3CCCC3CO2)c(Cl)c1. The van der Waals surface area contributed by atoms with Crippen molar-refractivity contribution in [2.45, 2.75) is 25.0 Å². The van der Waals surface area contributed by atoms with Crippen LogP contribution >= 0.6 is 11.6 Å². The zero-order valence-corrected chi connectivity index (χ0v) is 11.6. The number of anilines is 2. The van der Waals surface area contributed by atoms with Gasteiger partial charge in [-0.05, 0) is 25.5 Å². The molecule has 19 heavy (non-hydrogen) atoms. The molecule has 3 rings (SSSR count). The quantitative estimate of drug-likeness (QED) is 0.882. The summed E-state index contributed by atoms with van der Waals surface area (Å²) in [6, 6.07) is 2.34. The summed E-state index contributed by atoms with van der Waals surface area (Å²) in [6.45, 7) is 3.75. The number of fused-ring (bicyclic) bond motifs is 1. The van der Waals surface area contributed by atoms with Crippen LogP contribution in [-0.4, -0.2) is 48.3 Å². The molecular weight excluding hydrogens is 264 g/mol. The van der Waals surface area contributed by atoms with Gasteiger partial charge in [-0.25, -0.2) is 4.98 Å². The molecule has 5 nitrogen and oxygen atoms in total. The Labute approximate surface area is 118 Å². The highest BCUT2D eigenvalue weighted by Gasteiger charge is 2.32. The first-order valence-electron chi connectivity index (χ1n) is 6.73. The average molecular weight is 283 g/mol. The molecule has 2 unspecified atom stereocenters. The van der Waals surface area contributed by atoms with E-state index < -0.39 is 0 Å². The molecule has 0 aromatic carbocycles. The molecule has 3 N–H and O–H groups in total. The van der Waals surface area contributed by atoms with Crippen LogP contribution in [-0.2, 0) is 4.74 Å². The Hall–Kier alpha value is -1.04. The van der Waals surface area contributed by atoms with Gasteiger partial charge < -0.3 is 15.8 Å².